The molecule has 1 N–H and O–H groups in total. The van der Waals surface area contributed by atoms with Gasteiger partial charge in [-0.25, -0.2) is 9.37 Å². The first kappa shape index (κ1) is 14.9. The molecule has 18 heavy (non-hydrogen) atoms. The van der Waals surface area contributed by atoms with Crippen LogP contribution in [-0.2, 0) is 6.54 Å². The van der Waals surface area contributed by atoms with E-state index < -0.39 is 0 Å². The van der Waals surface area contributed by atoms with Crippen molar-refractivity contribution in [2.24, 2.45) is 0 Å². The van der Waals surface area contributed by atoms with Gasteiger partial charge in [0.2, 0.25) is 0 Å². The predicted octanol–water partition coefficient (Wildman–Crippen LogP) is 1.66. The standard InChI is InChI=1S/C13H22FN3O/c1-10(2)16-9-11-5-6-15-13(12(11)14)18-8-7-17(3)4/h5-6,10,16H,7-9H2,1-4H3. The molecule has 0 spiro atoms. The fourth-order valence-corrected chi connectivity index (χ4v) is 1.34. The largest absolute Gasteiger partial charge is 0.474 e. The number of hydrogen-bond donors (Lipinski definition) is 1. The fraction of sp³-hybridized carbons (Fsp3) is 0.615. The fourth-order valence-electron chi connectivity index (χ4n) is 1.34. The second kappa shape index (κ2) is 7.28. The SMILES string of the molecule is CC(C)NCc1ccnc(OCCN(C)C)c1F. The average molecular weight is 255 g/mol. The Morgan fingerprint density at radius 1 is 1.44 bits per heavy atom. The lowest BCUT2D eigenvalue weighted by Crippen LogP contribution is -2.23. The Morgan fingerprint density at radius 3 is 2.78 bits per heavy atom. The van der Waals surface area contributed by atoms with E-state index in [-0.39, 0.29) is 11.7 Å². The van der Waals surface area contributed by atoms with Crippen LogP contribution in [0.25, 0.3) is 0 Å². The van der Waals surface area contributed by atoms with Gasteiger partial charge in [-0.1, -0.05) is 13.8 Å². The zero-order chi connectivity index (χ0) is 13.5. The molecule has 0 aliphatic heterocycles. The minimum absolute atomic E-state index is 0.0832. The average Bonchev–Trinajstić information content (AvgIpc) is 2.29. The van der Waals surface area contributed by atoms with Crippen molar-refractivity contribution in [3.8, 4) is 5.88 Å². The van der Waals surface area contributed by atoms with E-state index >= 15 is 0 Å². The van der Waals surface area contributed by atoms with Crippen LogP contribution in [-0.4, -0.2) is 43.2 Å². The van der Waals surface area contributed by atoms with Gasteiger partial charge in [0, 0.05) is 30.9 Å². The Hall–Kier alpha value is -1.20. The molecule has 0 bridgehead atoms. The molecule has 0 unspecified atom stereocenters. The molecule has 1 aromatic rings. The number of hydrogen-bond acceptors (Lipinski definition) is 4. The number of pyridine rings is 1. The highest BCUT2D eigenvalue weighted by atomic mass is 19.1. The van der Waals surface area contributed by atoms with Gasteiger partial charge in [-0.3, -0.25) is 0 Å². The van der Waals surface area contributed by atoms with E-state index in [1.165, 1.54) is 0 Å². The topological polar surface area (TPSA) is 37.4 Å². The Bertz CT molecular complexity index is 369. The first-order valence-electron chi connectivity index (χ1n) is 6.15. The van der Waals surface area contributed by atoms with Crippen LogP contribution in [0.3, 0.4) is 0 Å². The molecule has 0 amide bonds. The highest BCUT2D eigenvalue weighted by molar-refractivity contribution is 5.23. The van der Waals surface area contributed by atoms with Gasteiger partial charge >= 0.3 is 0 Å². The van der Waals surface area contributed by atoms with E-state index in [1.54, 1.807) is 12.3 Å². The number of nitrogens with one attached hydrogen (secondary N) is 1. The number of aromatic nitrogens is 1. The van der Waals surface area contributed by atoms with Crippen molar-refractivity contribution >= 4 is 0 Å². The van der Waals surface area contributed by atoms with Crippen LogP contribution in [0.15, 0.2) is 12.3 Å². The van der Waals surface area contributed by atoms with Crippen LogP contribution in [0.5, 0.6) is 5.88 Å². The molecular weight excluding hydrogens is 233 g/mol. The summed E-state index contributed by atoms with van der Waals surface area (Å²) in [7, 11) is 3.88. The van der Waals surface area contributed by atoms with Crippen molar-refractivity contribution in [1.29, 1.82) is 0 Å². The summed E-state index contributed by atoms with van der Waals surface area (Å²) < 4.78 is 19.3. The van der Waals surface area contributed by atoms with Crippen LogP contribution in [0.2, 0.25) is 0 Å². The number of nitrogens with zero attached hydrogens (tertiary/aromatic N) is 2. The van der Waals surface area contributed by atoms with Crippen LogP contribution >= 0.6 is 0 Å². The minimum atomic E-state index is -0.371. The number of ether oxygens (including phenoxy) is 1. The van der Waals surface area contributed by atoms with E-state index in [0.717, 1.165) is 6.54 Å². The van der Waals surface area contributed by atoms with Gasteiger partial charge in [0.15, 0.2) is 5.82 Å². The summed E-state index contributed by atoms with van der Waals surface area (Å²) in [5.41, 5.74) is 0.582. The molecule has 0 fully saturated rings. The smallest absolute Gasteiger partial charge is 0.250 e. The summed E-state index contributed by atoms with van der Waals surface area (Å²) in [4.78, 5) is 5.89. The molecule has 0 saturated heterocycles. The zero-order valence-electron chi connectivity index (χ0n) is 11.5. The third-order valence-electron chi connectivity index (χ3n) is 2.42. The first-order chi connectivity index (χ1) is 8.50. The van der Waals surface area contributed by atoms with E-state index in [0.29, 0.717) is 24.8 Å². The quantitative estimate of drug-likeness (QED) is 0.804. The summed E-state index contributed by atoms with van der Waals surface area (Å²) >= 11 is 0. The van der Waals surface area contributed by atoms with Gasteiger partial charge in [0.05, 0.1) is 0 Å². The summed E-state index contributed by atoms with van der Waals surface area (Å²) in [6.45, 7) is 5.69. The highest BCUT2D eigenvalue weighted by Gasteiger charge is 2.10. The van der Waals surface area contributed by atoms with Crippen molar-refractivity contribution in [1.82, 2.24) is 15.2 Å². The Morgan fingerprint density at radius 2 is 2.17 bits per heavy atom. The van der Waals surface area contributed by atoms with Crippen molar-refractivity contribution in [2.75, 3.05) is 27.2 Å². The van der Waals surface area contributed by atoms with Gasteiger partial charge in [-0.2, -0.15) is 0 Å². The monoisotopic (exact) mass is 255 g/mol. The van der Waals surface area contributed by atoms with Gasteiger partial charge in [-0.05, 0) is 20.2 Å². The molecule has 0 radical (unpaired) electrons. The van der Waals surface area contributed by atoms with Crippen LogP contribution < -0.4 is 10.1 Å². The van der Waals surface area contributed by atoms with Gasteiger partial charge in [-0.15, -0.1) is 0 Å². The molecule has 0 aliphatic rings. The van der Waals surface area contributed by atoms with E-state index in [9.17, 15) is 4.39 Å². The van der Waals surface area contributed by atoms with Crippen molar-refractivity contribution in [3.05, 3.63) is 23.6 Å². The van der Waals surface area contributed by atoms with Crippen LogP contribution in [0.1, 0.15) is 19.4 Å². The molecule has 102 valence electrons. The molecule has 1 heterocycles. The van der Waals surface area contributed by atoms with Gasteiger partial charge in [0.1, 0.15) is 6.61 Å². The lowest BCUT2D eigenvalue weighted by atomic mass is 10.2. The predicted molar refractivity (Wildman–Crippen MR) is 70.2 cm³/mol. The number of rotatable bonds is 7. The Balaban J connectivity index is 2.60. The van der Waals surface area contributed by atoms with Gasteiger partial charge in [0.25, 0.3) is 5.88 Å². The van der Waals surface area contributed by atoms with Crippen LogP contribution in [0, 0.1) is 5.82 Å². The summed E-state index contributed by atoms with van der Waals surface area (Å²) in [6, 6.07) is 1.99. The zero-order valence-corrected chi connectivity index (χ0v) is 11.5. The molecule has 0 aromatic carbocycles. The third-order valence-corrected chi connectivity index (χ3v) is 2.42. The molecule has 4 nitrogen and oxygen atoms in total. The maximum atomic E-state index is 14.0. The lowest BCUT2D eigenvalue weighted by molar-refractivity contribution is 0.243. The molecule has 1 rings (SSSR count). The van der Waals surface area contributed by atoms with Crippen LogP contribution in [0.4, 0.5) is 4.39 Å². The minimum Gasteiger partial charge on any atom is -0.474 e. The molecule has 1 aromatic heterocycles. The molecule has 0 aliphatic carbocycles. The maximum Gasteiger partial charge on any atom is 0.250 e. The normalized spacial score (nSPS) is 11.3. The molecular formula is C13H22FN3O. The van der Waals surface area contributed by atoms with Crippen molar-refractivity contribution in [3.63, 3.8) is 0 Å². The second-order valence-corrected chi connectivity index (χ2v) is 4.78. The lowest BCUT2D eigenvalue weighted by Gasteiger charge is -2.13. The summed E-state index contributed by atoms with van der Waals surface area (Å²) in [5, 5.41) is 3.17. The number of likely N-dealkylation sites (N-methyl/N-ethyl adjacent to an activating group) is 1. The van der Waals surface area contributed by atoms with Crippen molar-refractivity contribution in [2.45, 2.75) is 26.4 Å². The summed E-state index contributed by atoms with van der Waals surface area (Å²) in [6.07, 6.45) is 1.57. The Labute approximate surface area is 108 Å². The maximum absolute atomic E-state index is 14.0. The first-order valence-corrected chi connectivity index (χ1v) is 6.15. The molecule has 0 atom stereocenters. The number of halogens is 1. The van der Waals surface area contributed by atoms with E-state index in [1.807, 2.05) is 32.8 Å². The third kappa shape index (κ3) is 4.98. The van der Waals surface area contributed by atoms with E-state index in [2.05, 4.69) is 10.3 Å². The highest BCUT2D eigenvalue weighted by Crippen LogP contribution is 2.17. The second-order valence-electron chi connectivity index (χ2n) is 4.78. The molecule has 0 saturated carbocycles. The van der Waals surface area contributed by atoms with Crippen molar-refractivity contribution < 1.29 is 9.13 Å². The molecule has 5 heteroatoms. The van der Waals surface area contributed by atoms with E-state index in [4.69, 9.17) is 4.74 Å². The summed E-state index contributed by atoms with van der Waals surface area (Å²) in [5.74, 6) is -0.288. The van der Waals surface area contributed by atoms with Gasteiger partial charge < -0.3 is 15.0 Å². The Kier molecular flexibility index (Phi) is 6.01.